The van der Waals surface area contributed by atoms with E-state index in [9.17, 15) is 9.59 Å². The Balaban J connectivity index is 1.92. The predicted molar refractivity (Wildman–Crippen MR) is 114 cm³/mol. The third-order valence-corrected chi connectivity index (χ3v) is 4.65. The van der Waals surface area contributed by atoms with E-state index < -0.39 is 0 Å². The lowest BCUT2D eigenvalue weighted by atomic mass is 10.1. The SMILES string of the molecule is CCC(COC)NC(=O)C(=Cc1c[nH]c2ccccc12)NC(=O)c1ccccc1. The molecule has 29 heavy (non-hydrogen) atoms. The summed E-state index contributed by atoms with van der Waals surface area (Å²) in [4.78, 5) is 28.8. The summed E-state index contributed by atoms with van der Waals surface area (Å²) in [6, 6.07) is 16.5. The van der Waals surface area contributed by atoms with Crippen LogP contribution in [0.5, 0.6) is 0 Å². The molecule has 2 amide bonds. The minimum Gasteiger partial charge on any atom is -0.383 e. The molecule has 1 heterocycles. The van der Waals surface area contributed by atoms with Crippen LogP contribution in [0.1, 0.15) is 29.3 Å². The van der Waals surface area contributed by atoms with E-state index in [2.05, 4.69) is 15.6 Å². The summed E-state index contributed by atoms with van der Waals surface area (Å²) in [5.74, 6) is -0.699. The molecule has 1 atom stereocenters. The van der Waals surface area contributed by atoms with E-state index in [-0.39, 0.29) is 23.6 Å². The van der Waals surface area contributed by atoms with Gasteiger partial charge in [0.1, 0.15) is 5.70 Å². The lowest BCUT2D eigenvalue weighted by Gasteiger charge is -2.18. The van der Waals surface area contributed by atoms with Crippen LogP contribution >= 0.6 is 0 Å². The van der Waals surface area contributed by atoms with Crippen molar-refractivity contribution in [2.24, 2.45) is 0 Å². The van der Waals surface area contributed by atoms with E-state index in [0.717, 1.165) is 16.5 Å². The number of H-pyrrole nitrogens is 1. The van der Waals surface area contributed by atoms with Crippen LogP contribution in [0.25, 0.3) is 17.0 Å². The molecule has 0 aliphatic heterocycles. The topological polar surface area (TPSA) is 83.2 Å². The zero-order valence-corrected chi connectivity index (χ0v) is 16.6. The molecule has 6 nitrogen and oxygen atoms in total. The number of carbonyl (C=O) groups is 2. The summed E-state index contributed by atoms with van der Waals surface area (Å²) in [6.45, 7) is 2.37. The Morgan fingerprint density at radius 3 is 2.55 bits per heavy atom. The van der Waals surface area contributed by atoms with Crippen LogP contribution in [-0.4, -0.2) is 36.6 Å². The average Bonchev–Trinajstić information content (AvgIpc) is 3.16. The highest BCUT2D eigenvalue weighted by Crippen LogP contribution is 2.20. The number of benzene rings is 2. The fourth-order valence-electron chi connectivity index (χ4n) is 3.04. The lowest BCUT2D eigenvalue weighted by molar-refractivity contribution is -0.118. The highest BCUT2D eigenvalue weighted by molar-refractivity contribution is 6.06. The second-order valence-electron chi connectivity index (χ2n) is 6.70. The second-order valence-corrected chi connectivity index (χ2v) is 6.70. The van der Waals surface area contributed by atoms with E-state index in [1.165, 1.54) is 0 Å². The first-order chi connectivity index (χ1) is 14.1. The maximum atomic E-state index is 13.0. The minimum absolute atomic E-state index is 0.146. The largest absolute Gasteiger partial charge is 0.383 e. The first-order valence-corrected chi connectivity index (χ1v) is 9.56. The highest BCUT2D eigenvalue weighted by Gasteiger charge is 2.18. The van der Waals surface area contributed by atoms with Gasteiger partial charge in [-0.05, 0) is 30.7 Å². The van der Waals surface area contributed by atoms with Crippen molar-refractivity contribution in [2.45, 2.75) is 19.4 Å². The van der Waals surface area contributed by atoms with Gasteiger partial charge in [-0.25, -0.2) is 0 Å². The summed E-state index contributed by atoms with van der Waals surface area (Å²) < 4.78 is 5.16. The van der Waals surface area contributed by atoms with Crippen LogP contribution in [0.15, 0.2) is 66.5 Å². The van der Waals surface area contributed by atoms with Gasteiger partial charge in [-0.3, -0.25) is 9.59 Å². The molecule has 0 spiro atoms. The summed E-state index contributed by atoms with van der Waals surface area (Å²) >= 11 is 0. The number of amides is 2. The Morgan fingerprint density at radius 2 is 1.83 bits per heavy atom. The monoisotopic (exact) mass is 391 g/mol. The van der Waals surface area contributed by atoms with Crippen LogP contribution in [0.2, 0.25) is 0 Å². The Kier molecular flexibility index (Phi) is 6.81. The van der Waals surface area contributed by atoms with Crippen LogP contribution in [0, 0.1) is 0 Å². The number of fused-ring (bicyclic) bond motifs is 1. The number of rotatable bonds is 8. The molecule has 0 saturated heterocycles. The highest BCUT2D eigenvalue weighted by atomic mass is 16.5. The Bertz CT molecular complexity index is 1010. The number of ether oxygens (including phenoxy) is 1. The fraction of sp³-hybridized carbons (Fsp3) is 0.217. The van der Waals surface area contributed by atoms with Gasteiger partial charge in [0.15, 0.2) is 0 Å². The molecule has 2 aromatic carbocycles. The van der Waals surface area contributed by atoms with Gasteiger partial charge in [-0.1, -0.05) is 43.3 Å². The molecule has 0 fully saturated rings. The smallest absolute Gasteiger partial charge is 0.268 e. The second kappa shape index (κ2) is 9.71. The molecule has 0 aliphatic carbocycles. The van der Waals surface area contributed by atoms with Gasteiger partial charge in [0, 0.05) is 35.3 Å². The molecule has 0 bridgehead atoms. The van der Waals surface area contributed by atoms with Crippen LogP contribution < -0.4 is 10.6 Å². The Labute approximate surface area is 170 Å². The molecule has 150 valence electrons. The number of nitrogens with one attached hydrogen (secondary N) is 3. The summed E-state index contributed by atoms with van der Waals surface area (Å²) in [5.41, 5.74) is 2.44. The van der Waals surface area contributed by atoms with Crippen LogP contribution in [0.4, 0.5) is 0 Å². The van der Waals surface area contributed by atoms with Crippen molar-refractivity contribution < 1.29 is 14.3 Å². The van der Waals surface area contributed by atoms with E-state index in [1.807, 2.05) is 43.5 Å². The number of hydrogen-bond acceptors (Lipinski definition) is 3. The van der Waals surface area contributed by atoms with Gasteiger partial charge in [0.2, 0.25) is 0 Å². The van der Waals surface area contributed by atoms with E-state index in [1.54, 1.807) is 37.5 Å². The molecule has 6 heteroatoms. The number of aromatic amines is 1. The third kappa shape index (κ3) is 5.12. The van der Waals surface area contributed by atoms with Crippen molar-refractivity contribution in [3.05, 3.63) is 77.6 Å². The van der Waals surface area contributed by atoms with Crippen molar-refractivity contribution in [2.75, 3.05) is 13.7 Å². The van der Waals surface area contributed by atoms with E-state index >= 15 is 0 Å². The van der Waals surface area contributed by atoms with Gasteiger partial charge >= 0.3 is 0 Å². The predicted octanol–water partition coefficient (Wildman–Crippen LogP) is 3.48. The number of aromatic nitrogens is 1. The van der Waals surface area contributed by atoms with Crippen LogP contribution in [0.3, 0.4) is 0 Å². The van der Waals surface area contributed by atoms with E-state index in [0.29, 0.717) is 18.6 Å². The van der Waals surface area contributed by atoms with Gasteiger partial charge in [0.05, 0.1) is 12.6 Å². The maximum Gasteiger partial charge on any atom is 0.268 e. The van der Waals surface area contributed by atoms with Crippen LogP contribution in [-0.2, 0) is 9.53 Å². The van der Waals surface area contributed by atoms with Crippen molar-refractivity contribution in [3.8, 4) is 0 Å². The van der Waals surface area contributed by atoms with Crippen molar-refractivity contribution in [1.29, 1.82) is 0 Å². The average molecular weight is 391 g/mol. The number of para-hydroxylation sites is 1. The van der Waals surface area contributed by atoms with Gasteiger partial charge in [0.25, 0.3) is 11.8 Å². The molecular weight excluding hydrogens is 366 g/mol. The number of carbonyl (C=O) groups excluding carboxylic acids is 2. The van der Waals surface area contributed by atoms with Crippen molar-refractivity contribution in [1.82, 2.24) is 15.6 Å². The minimum atomic E-state index is -0.358. The molecule has 1 aromatic heterocycles. The molecule has 3 rings (SSSR count). The van der Waals surface area contributed by atoms with Gasteiger partial charge in [-0.15, -0.1) is 0 Å². The molecule has 3 N–H and O–H groups in total. The van der Waals surface area contributed by atoms with E-state index in [4.69, 9.17) is 4.74 Å². The molecule has 0 saturated carbocycles. The maximum absolute atomic E-state index is 13.0. The summed E-state index contributed by atoms with van der Waals surface area (Å²) in [5, 5.41) is 6.66. The Hall–Kier alpha value is -3.38. The quantitative estimate of drug-likeness (QED) is 0.514. The number of hydrogen-bond donors (Lipinski definition) is 3. The summed E-state index contributed by atoms with van der Waals surface area (Å²) in [7, 11) is 1.59. The molecular formula is C23H25N3O3. The van der Waals surface area contributed by atoms with Gasteiger partial charge in [-0.2, -0.15) is 0 Å². The molecule has 3 aromatic rings. The lowest BCUT2D eigenvalue weighted by Crippen LogP contribution is -2.42. The van der Waals surface area contributed by atoms with Crippen molar-refractivity contribution in [3.63, 3.8) is 0 Å². The zero-order valence-electron chi connectivity index (χ0n) is 16.6. The fourth-order valence-corrected chi connectivity index (χ4v) is 3.04. The molecule has 0 radical (unpaired) electrons. The Morgan fingerprint density at radius 1 is 1.10 bits per heavy atom. The normalized spacial score (nSPS) is 12.6. The number of methoxy groups -OCH3 is 1. The molecule has 1 unspecified atom stereocenters. The summed E-state index contributed by atoms with van der Waals surface area (Å²) in [6.07, 6.45) is 4.22. The first kappa shape index (κ1) is 20.4. The standard InChI is InChI=1S/C23H25N3O3/c1-3-18(15-29-2)25-23(28)21(26-22(27)16-9-5-4-6-10-16)13-17-14-24-20-12-8-7-11-19(17)20/h4-14,18,24H,3,15H2,1-2H3,(H,25,28)(H,26,27). The zero-order chi connectivity index (χ0) is 20.6. The first-order valence-electron chi connectivity index (χ1n) is 9.56. The van der Waals surface area contributed by atoms with Gasteiger partial charge < -0.3 is 20.4 Å². The van der Waals surface area contributed by atoms with Crippen molar-refractivity contribution >= 4 is 28.8 Å². The molecule has 0 aliphatic rings. The third-order valence-electron chi connectivity index (χ3n) is 4.65.